The van der Waals surface area contributed by atoms with Gasteiger partial charge in [-0.15, -0.1) is 0 Å². The van der Waals surface area contributed by atoms with Crippen LogP contribution in [-0.4, -0.2) is 23.8 Å². The molecule has 4 nitrogen and oxygen atoms in total. The molecule has 2 rings (SSSR count). The van der Waals surface area contributed by atoms with Crippen LogP contribution in [0.3, 0.4) is 0 Å². The van der Waals surface area contributed by atoms with Crippen LogP contribution in [0.2, 0.25) is 0 Å². The highest BCUT2D eigenvalue weighted by Crippen LogP contribution is 2.21. The van der Waals surface area contributed by atoms with Crippen molar-refractivity contribution in [2.24, 2.45) is 4.99 Å². The quantitative estimate of drug-likeness (QED) is 0.669. The lowest BCUT2D eigenvalue weighted by molar-refractivity contribution is 0.0761. The number of rotatable bonds is 0. The number of hydrazine groups is 1. The van der Waals surface area contributed by atoms with Gasteiger partial charge in [0.05, 0.1) is 11.3 Å². The molecule has 1 aromatic carbocycles. The van der Waals surface area contributed by atoms with Crippen LogP contribution in [0.25, 0.3) is 0 Å². The zero-order chi connectivity index (χ0) is 10.1. The van der Waals surface area contributed by atoms with Gasteiger partial charge in [-0.05, 0) is 19.1 Å². The number of carbonyl (C=O) groups excluding carboxylic acids is 1. The average molecular weight is 189 g/mol. The van der Waals surface area contributed by atoms with Gasteiger partial charge in [-0.3, -0.25) is 15.2 Å². The molecule has 0 unspecified atom stereocenters. The van der Waals surface area contributed by atoms with Crippen LogP contribution in [0.15, 0.2) is 29.3 Å². The third-order valence-corrected chi connectivity index (χ3v) is 2.06. The standard InChI is InChI=1S/C10H11N3O/c1-7-11-9-6-4-3-5-8(9)10(14)13(2)12-7/h3-6H,1-2H3,(H,11,12). The van der Waals surface area contributed by atoms with E-state index in [9.17, 15) is 4.79 Å². The van der Waals surface area contributed by atoms with Crippen molar-refractivity contribution in [2.45, 2.75) is 6.92 Å². The highest BCUT2D eigenvalue weighted by Gasteiger charge is 2.18. The molecule has 1 aliphatic rings. The number of amides is 1. The molecule has 0 fully saturated rings. The second-order valence-electron chi connectivity index (χ2n) is 3.19. The molecule has 0 bridgehead atoms. The fraction of sp³-hybridized carbons (Fsp3) is 0.200. The van der Waals surface area contributed by atoms with Crippen molar-refractivity contribution < 1.29 is 4.79 Å². The highest BCUT2D eigenvalue weighted by atomic mass is 16.2. The smallest absolute Gasteiger partial charge is 0.274 e. The van der Waals surface area contributed by atoms with E-state index in [0.717, 1.165) is 0 Å². The van der Waals surface area contributed by atoms with E-state index in [0.29, 0.717) is 17.1 Å². The average Bonchev–Trinajstić information content (AvgIpc) is 2.26. The van der Waals surface area contributed by atoms with E-state index in [4.69, 9.17) is 0 Å². The van der Waals surface area contributed by atoms with Crippen molar-refractivity contribution in [2.75, 3.05) is 7.05 Å². The number of fused-ring (bicyclic) bond motifs is 1. The minimum atomic E-state index is -0.0683. The van der Waals surface area contributed by atoms with Crippen LogP contribution in [0.1, 0.15) is 17.3 Å². The third-order valence-electron chi connectivity index (χ3n) is 2.06. The summed E-state index contributed by atoms with van der Waals surface area (Å²) in [6.07, 6.45) is 0. The second kappa shape index (κ2) is 3.14. The van der Waals surface area contributed by atoms with Crippen LogP contribution in [0.4, 0.5) is 5.69 Å². The summed E-state index contributed by atoms with van der Waals surface area (Å²) in [6, 6.07) is 7.31. The molecule has 14 heavy (non-hydrogen) atoms. The zero-order valence-electron chi connectivity index (χ0n) is 8.11. The Morgan fingerprint density at radius 1 is 1.36 bits per heavy atom. The topological polar surface area (TPSA) is 44.7 Å². The lowest BCUT2D eigenvalue weighted by atomic mass is 10.1. The van der Waals surface area contributed by atoms with E-state index in [1.54, 1.807) is 13.1 Å². The Balaban J connectivity index is 2.58. The Labute approximate surface area is 82.2 Å². The molecule has 0 atom stereocenters. The first-order valence-electron chi connectivity index (χ1n) is 4.37. The summed E-state index contributed by atoms with van der Waals surface area (Å²) in [5.74, 6) is 0.645. The maximum atomic E-state index is 11.8. The fourth-order valence-corrected chi connectivity index (χ4v) is 1.43. The zero-order valence-corrected chi connectivity index (χ0v) is 8.11. The van der Waals surface area contributed by atoms with E-state index >= 15 is 0 Å². The first kappa shape index (κ1) is 8.74. The molecule has 1 amide bonds. The van der Waals surface area contributed by atoms with Gasteiger partial charge in [0, 0.05) is 7.05 Å². The van der Waals surface area contributed by atoms with Gasteiger partial charge in [0.2, 0.25) is 0 Å². The van der Waals surface area contributed by atoms with Gasteiger partial charge in [-0.2, -0.15) is 0 Å². The number of hydrogen-bond acceptors (Lipinski definition) is 3. The van der Waals surface area contributed by atoms with Gasteiger partial charge in [0.15, 0.2) is 0 Å². The Hall–Kier alpha value is -1.84. The number of amidine groups is 1. The van der Waals surface area contributed by atoms with Crippen molar-refractivity contribution in [1.82, 2.24) is 10.4 Å². The molecule has 4 heteroatoms. The minimum Gasteiger partial charge on any atom is -0.283 e. The highest BCUT2D eigenvalue weighted by molar-refractivity contribution is 6.02. The molecule has 72 valence electrons. The maximum Gasteiger partial charge on any atom is 0.274 e. The van der Waals surface area contributed by atoms with Crippen molar-refractivity contribution in [3.05, 3.63) is 29.8 Å². The lowest BCUT2D eigenvalue weighted by Gasteiger charge is -2.15. The van der Waals surface area contributed by atoms with E-state index in [1.807, 2.05) is 25.1 Å². The summed E-state index contributed by atoms with van der Waals surface area (Å²) < 4.78 is 0. The lowest BCUT2D eigenvalue weighted by Crippen LogP contribution is -2.40. The van der Waals surface area contributed by atoms with Crippen LogP contribution < -0.4 is 5.43 Å². The summed E-state index contributed by atoms with van der Waals surface area (Å²) >= 11 is 0. The first-order valence-corrected chi connectivity index (χ1v) is 4.37. The normalized spacial score (nSPS) is 15.4. The molecule has 0 radical (unpaired) electrons. The van der Waals surface area contributed by atoms with Gasteiger partial charge >= 0.3 is 0 Å². The molecular weight excluding hydrogens is 178 g/mol. The molecule has 0 saturated carbocycles. The van der Waals surface area contributed by atoms with Gasteiger partial charge in [-0.1, -0.05) is 12.1 Å². The first-order chi connectivity index (χ1) is 6.68. The van der Waals surface area contributed by atoms with Crippen LogP contribution in [-0.2, 0) is 0 Å². The third kappa shape index (κ3) is 1.35. The predicted molar refractivity (Wildman–Crippen MR) is 54.4 cm³/mol. The molecule has 1 N–H and O–H groups in total. The van der Waals surface area contributed by atoms with Gasteiger partial charge in [-0.25, -0.2) is 4.99 Å². The summed E-state index contributed by atoms with van der Waals surface area (Å²) in [7, 11) is 1.68. The number of hydrogen-bond donors (Lipinski definition) is 1. The van der Waals surface area contributed by atoms with Crippen LogP contribution in [0, 0.1) is 0 Å². The Morgan fingerprint density at radius 2 is 2.07 bits per heavy atom. The molecule has 0 saturated heterocycles. The molecular formula is C10H11N3O. The summed E-state index contributed by atoms with van der Waals surface area (Å²) in [5, 5.41) is 1.44. The number of para-hydroxylation sites is 1. The van der Waals surface area contributed by atoms with Crippen molar-refractivity contribution in [1.29, 1.82) is 0 Å². The number of carbonyl (C=O) groups is 1. The van der Waals surface area contributed by atoms with Gasteiger partial charge in [0.25, 0.3) is 5.91 Å². The van der Waals surface area contributed by atoms with Crippen LogP contribution >= 0.6 is 0 Å². The van der Waals surface area contributed by atoms with E-state index < -0.39 is 0 Å². The molecule has 1 aliphatic heterocycles. The summed E-state index contributed by atoms with van der Waals surface area (Å²) in [4.78, 5) is 16.1. The molecule has 1 heterocycles. The minimum absolute atomic E-state index is 0.0683. The molecule has 0 spiro atoms. The van der Waals surface area contributed by atoms with Gasteiger partial charge in [0.1, 0.15) is 5.84 Å². The van der Waals surface area contributed by atoms with Crippen molar-refractivity contribution in [3.63, 3.8) is 0 Å². The number of nitrogens with one attached hydrogen (secondary N) is 1. The number of benzene rings is 1. The monoisotopic (exact) mass is 189 g/mol. The molecule has 0 aromatic heterocycles. The Morgan fingerprint density at radius 3 is 2.86 bits per heavy atom. The number of nitrogens with zero attached hydrogens (tertiary/aromatic N) is 2. The van der Waals surface area contributed by atoms with Gasteiger partial charge < -0.3 is 0 Å². The Bertz CT molecular complexity index is 412. The fourth-order valence-electron chi connectivity index (χ4n) is 1.43. The Kier molecular flexibility index (Phi) is 1.96. The van der Waals surface area contributed by atoms with E-state index in [2.05, 4.69) is 10.4 Å². The largest absolute Gasteiger partial charge is 0.283 e. The van der Waals surface area contributed by atoms with E-state index in [-0.39, 0.29) is 5.91 Å². The van der Waals surface area contributed by atoms with Crippen molar-refractivity contribution in [3.8, 4) is 0 Å². The van der Waals surface area contributed by atoms with E-state index in [1.165, 1.54) is 5.01 Å². The summed E-state index contributed by atoms with van der Waals surface area (Å²) in [6.45, 7) is 1.83. The second-order valence-corrected chi connectivity index (χ2v) is 3.19. The maximum absolute atomic E-state index is 11.8. The number of aliphatic imine (C=N–C) groups is 1. The van der Waals surface area contributed by atoms with Crippen molar-refractivity contribution >= 4 is 17.4 Å². The van der Waals surface area contributed by atoms with Crippen LogP contribution in [0.5, 0.6) is 0 Å². The molecule has 0 aliphatic carbocycles. The predicted octanol–water partition coefficient (Wildman–Crippen LogP) is 1.33. The summed E-state index contributed by atoms with van der Waals surface area (Å²) in [5.41, 5.74) is 4.21. The molecule has 1 aromatic rings. The SMILES string of the molecule is CC1=Nc2ccccc2C(=O)N(C)N1.